The maximum atomic E-state index is 13.7. The van der Waals surface area contributed by atoms with Gasteiger partial charge in [0.05, 0.1) is 17.1 Å². The summed E-state index contributed by atoms with van der Waals surface area (Å²) in [6.07, 6.45) is 0. The van der Waals surface area contributed by atoms with Gasteiger partial charge in [0.25, 0.3) is 0 Å². The minimum atomic E-state index is -0.240. The smallest absolute Gasteiger partial charge is 0.193 e. The molecule has 240 valence electrons. The van der Waals surface area contributed by atoms with Crippen LogP contribution in [0.3, 0.4) is 0 Å². The van der Waals surface area contributed by atoms with E-state index in [1.165, 1.54) is 0 Å². The van der Waals surface area contributed by atoms with Crippen LogP contribution in [0.2, 0.25) is 0 Å². The number of imidazole rings is 1. The normalized spacial score (nSPS) is 13.9. The molecule has 0 saturated carbocycles. The number of H-pyrrole nitrogens is 1. The average molecular weight is 777 g/mol. The van der Waals surface area contributed by atoms with Gasteiger partial charge in [-0.25, -0.2) is 9.98 Å². The Labute approximate surface area is 306 Å². The Balaban J connectivity index is 1.07. The SMILES string of the molecule is O=C(c1ccc(C2=NC(c3ccc(Br)cc3)=NC2c2ccccc2)cc1)c1ccc(-c2nc(-c3ccc(Br)cc3)[nH]c2-c2ccccc2)cc1. The number of amidine groups is 1. The van der Waals surface area contributed by atoms with Crippen LogP contribution in [0, 0.1) is 0 Å². The van der Waals surface area contributed by atoms with Crippen molar-refractivity contribution in [3.63, 3.8) is 0 Å². The summed E-state index contributed by atoms with van der Waals surface area (Å²) in [5.41, 5.74) is 9.70. The van der Waals surface area contributed by atoms with E-state index in [1.807, 2.05) is 133 Å². The molecule has 7 aromatic rings. The van der Waals surface area contributed by atoms with Gasteiger partial charge in [0, 0.05) is 42.3 Å². The predicted octanol–water partition coefficient (Wildman–Crippen LogP) is 11.2. The predicted molar refractivity (Wildman–Crippen MR) is 209 cm³/mol. The molecule has 0 bridgehead atoms. The second-order valence-electron chi connectivity index (χ2n) is 11.9. The summed E-state index contributed by atoms with van der Waals surface area (Å²) in [5.74, 6) is 1.42. The van der Waals surface area contributed by atoms with Crippen molar-refractivity contribution < 1.29 is 4.79 Å². The van der Waals surface area contributed by atoms with Crippen molar-refractivity contribution in [3.8, 4) is 33.9 Å². The average Bonchev–Trinajstić information content (AvgIpc) is 3.82. The molecule has 0 spiro atoms. The monoisotopic (exact) mass is 774 g/mol. The van der Waals surface area contributed by atoms with Crippen LogP contribution in [0.1, 0.15) is 38.7 Å². The Kier molecular flexibility index (Phi) is 8.75. The lowest BCUT2D eigenvalue weighted by Gasteiger charge is -2.12. The van der Waals surface area contributed by atoms with Gasteiger partial charge in [-0.3, -0.25) is 9.79 Å². The third-order valence-electron chi connectivity index (χ3n) is 8.70. The van der Waals surface area contributed by atoms with Gasteiger partial charge in [0.2, 0.25) is 0 Å². The van der Waals surface area contributed by atoms with Gasteiger partial charge in [-0.1, -0.05) is 165 Å². The largest absolute Gasteiger partial charge is 0.337 e. The summed E-state index contributed by atoms with van der Waals surface area (Å²) in [6, 6.07) is 51.6. The molecule has 1 unspecified atom stereocenters. The second-order valence-corrected chi connectivity index (χ2v) is 13.8. The zero-order valence-electron chi connectivity index (χ0n) is 26.6. The van der Waals surface area contributed by atoms with Crippen molar-refractivity contribution in [2.24, 2.45) is 9.98 Å². The molecule has 5 nitrogen and oxygen atoms in total. The fraction of sp³-hybridized carbons (Fsp3) is 0.0233. The van der Waals surface area contributed by atoms with Gasteiger partial charge in [-0.2, -0.15) is 0 Å². The number of rotatable bonds is 8. The van der Waals surface area contributed by atoms with E-state index >= 15 is 0 Å². The quantitative estimate of drug-likeness (QED) is 0.156. The molecule has 1 atom stereocenters. The van der Waals surface area contributed by atoms with E-state index < -0.39 is 0 Å². The summed E-state index contributed by atoms with van der Waals surface area (Å²) < 4.78 is 2.01. The molecule has 8 rings (SSSR count). The van der Waals surface area contributed by atoms with Crippen molar-refractivity contribution in [1.29, 1.82) is 0 Å². The van der Waals surface area contributed by atoms with Crippen molar-refractivity contribution in [2.75, 3.05) is 0 Å². The summed E-state index contributed by atoms with van der Waals surface area (Å²) >= 11 is 7.03. The maximum absolute atomic E-state index is 13.7. The van der Waals surface area contributed by atoms with E-state index in [-0.39, 0.29) is 11.8 Å². The highest BCUT2D eigenvalue weighted by Crippen LogP contribution is 2.34. The molecule has 1 aliphatic heterocycles. The first-order valence-corrected chi connectivity index (χ1v) is 17.7. The molecule has 0 amide bonds. The fourth-order valence-electron chi connectivity index (χ4n) is 6.09. The van der Waals surface area contributed by atoms with Gasteiger partial charge >= 0.3 is 0 Å². The molecular formula is C43H28Br2N4O. The molecule has 1 aromatic heterocycles. The van der Waals surface area contributed by atoms with E-state index in [9.17, 15) is 4.79 Å². The number of hydrogen-bond donors (Lipinski definition) is 1. The highest BCUT2D eigenvalue weighted by molar-refractivity contribution is 9.10. The lowest BCUT2D eigenvalue weighted by Crippen LogP contribution is -2.10. The van der Waals surface area contributed by atoms with Crippen molar-refractivity contribution >= 4 is 49.2 Å². The standard InChI is InChI=1S/C43H28Br2N4O/c44-35-23-19-33(20-24-35)42-46-37(27-7-3-1-4-8-27)39(48-42)29-11-15-31(16-12-29)41(50)32-17-13-30(14-18-32)40-38(28-9-5-2-6-10-28)47-43(49-40)34-21-25-36(45)26-22-34/h1-26,37H,(H,47,49). The maximum Gasteiger partial charge on any atom is 0.193 e. The lowest BCUT2D eigenvalue weighted by molar-refractivity contribution is 0.103. The number of carbonyl (C=O) groups excluding carboxylic acids is 1. The van der Waals surface area contributed by atoms with E-state index in [1.54, 1.807) is 0 Å². The van der Waals surface area contributed by atoms with Crippen LogP contribution >= 0.6 is 31.9 Å². The van der Waals surface area contributed by atoms with Crippen LogP contribution in [-0.2, 0) is 0 Å². The molecular weight excluding hydrogens is 748 g/mol. The fourth-order valence-corrected chi connectivity index (χ4v) is 6.62. The van der Waals surface area contributed by atoms with Gasteiger partial charge in [-0.05, 0) is 35.4 Å². The van der Waals surface area contributed by atoms with Gasteiger partial charge in [-0.15, -0.1) is 0 Å². The van der Waals surface area contributed by atoms with Crippen LogP contribution in [0.5, 0.6) is 0 Å². The van der Waals surface area contributed by atoms with Gasteiger partial charge < -0.3 is 4.98 Å². The zero-order chi connectivity index (χ0) is 34.0. The molecule has 1 aliphatic rings. The number of ketones is 1. The minimum Gasteiger partial charge on any atom is -0.337 e. The Hall–Kier alpha value is -5.50. The Morgan fingerprint density at radius 1 is 0.540 bits per heavy atom. The topological polar surface area (TPSA) is 70.5 Å². The minimum absolute atomic E-state index is 0.0521. The number of aromatic nitrogens is 2. The number of aromatic amines is 1. The molecule has 7 heteroatoms. The van der Waals surface area contributed by atoms with Crippen LogP contribution in [-0.4, -0.2) is 27.3 Å². The molecule has 2 heterocycles. The van der Waals surface area contributed by atoms with Gasteiger partial charge in [0.15, 0.2) is 11.6 Å². The molecule has 6 aromatic carbocycles. The van der Waals surface area contributed by atoms with Crippen molar-refractivity contribution in [3.05, 3.63) is 194 Å². The van der Waals surface area contributed by atoms with Crippen molar-refractivity contribution in [1.82, 2.24) is 9.97 Å². The number of halogens is 2. The molecule has 1 N–H and O–H groups in total. The summed E-state index contributed by atoms with van der Waals surface area (Å²) in [6.45, 7) is 0. The number of nitrogens with zero attached hydrogens (tertiary/aromatic N) is 3. The van der Waals surface area contributed by atoms with Crippen LogP contribution < -0.4 is 0 Å². The van der Waals surface area contributed by atoms with Crippen LogP contribution in [0.25, 0.3) is 33.9 Å². The third kappa shape index (κ3) is 6.45. The van der Waals surface area contributed by atoms with E-state index in [2.05, 4.69) is 61.1 Å². The lowest BCUT2D eigenvalue weighted by atomic mass is 9.95. The van der Waals surface area contributed by atoms with Crippen LogP contribution in [0.4, 0.5) is 0 Å². The zero-order valence-corrected chi connectivity index (χ0v) is 29.8. The Morgan fingerprint density at radius 3 is 1.66 bits per heavy atom. The van der Waals surface area contributed by atoms with E-state index in [4.69, 9.17) is 15.0 Å². The number of benzene rings is 6. The summed E-state index contributed by atoms with van der Waals surface area (Å²) in [4.78, 5) is 32.3. The Bertz CT molecular complexity index is 2360. The first-order chi connectivity index (χ1) is 24.5. The van der Waals surface area contributed by atoms with Gasteiger partial charge in [0.1, 0.15) is 11.9 Å². The second kappa shape index (κ2) is 13.8. The third-order valence-corrected chi connectivity index (χ3v) is 9.76. The highest BCUT2D eigenvalue weighted by atomic mass is 79.9. The number of carbonyl (C=O) groups is 1. The number of hydrogen-bond acceptors (Lipinski definition) is 4. The molecule has 0 radical (unpaired) electrons. The first-order valence-electron chi connectivity index (χ1n) is 16.1. The summed E-state index contributed by atoms with van der Waals surface area (Å²) in [7, 11) is 0. The number of nitrogens with one attached hydrogen (secondary N) is 1. The van der Waals surface area contributed by atoms with E-state index in [0.29, 0.717) is 17.0 Å². The Morgan fingerprint density at radius 2 is 1.06 bits per heavy atom. The molecule has 0 aliphatic carbocycles. The first kappa shape index (κ1) is 31.7. The van der Waals surface area contributed by atoms with Crippen LogP contribution in [0.15, 0.2) is 177 Å². The number of aliphatic imine (C=N–C) groups is 2. The molecule has 50 heavy (non-hydrogen) atoms. The highest BCUT2D eigenvalue weighted by Gasteiger charge is 2.27. The summed E-state index contributed by atoms with van der Waals surface area (Å²) in [5, 5.41) is 0. The molecule has 0 fully saturated rings. The molecule has 0 saturated heterocycles. The van der Waals surface area contributed by atoms with E-state index in [0.717, 1.165) is 65.3 Å². The van der Waals surface area contributed by atoms with Crippen molar-refractivity contribution in [2.45, 2.75) is 6.04 Å².